The number of nitrogens with one attached hydrogen (secondary N) is 1. The summed E-state index contributed by atoms with van der Waals surface area (Å²) in [5, 5.41) is 5.55. The first-order chi connectivity index (χ1) is 9.65. The number of amides is 1. The monoisotopic (exact) mass is 271 g/mol. The van der Waals surface area contributed by atoms with Crippen LogP contribution in [0.4, 0.5) is 5.69 Å². The molecule has 0 bridgehead atoms. The second kappa shape index (κ2) is 5.00. The number of aromatic nitrogens is 1. The van der Waals surface area contributed by atoms with Crippen LogP contribution in [0.5, 0.6) is 0 Å². The van der Waals surface area contributed by atoms with Crippen LogP contribution < -0.4 is 10.4 Å². The minimum Gasteiger partial charge on any atom is -0.361 e. The largest absolute Gasteiger partial charge is 0.361 e. The molecule has 0 unspecified atom stereocenters. The first-order valence-electron chi connectivity index (χ1n) is 6.74. The molecule has 0 radical (unpaired) electrons. The average Bonchev–Trinajstić information content (AvgIpc) is 2.85. The van der Waals surface area contributed by atoms with Crippen molar-refractivity contribution in [3.8, 4) is 0 Å². The molecule has 0 spiro atoms. The summed E-state index contributed by atoms with van der Waals surface area (Å²) in [5.74, 6) is 0.348. The molecule has 2 aromatic rings. The van der Waals surface area contributed by atoms with Crippen LogP contribution >= 0.6 is 0 Å². The fourth-order valence-corrected chi connectivity index (χ4v) is 2.54. The number of fused-ring (bicyclic) bond motifs is 1. The molecular weight excluding hydrogens is 254 g/mol. The van der Waals surface area contributed by atoms with Crippen LogP contribution in [0.25, 0.3) is 0 Å². The topological polar surface area (TPSA) is 58.4 Å². The van der Waals surface area contributed by atoms with E-state index in [1.165, 1.54) is 17.3 Å². The van der Waals surface area contributed by atoms with Crippen molar-refractivity contribution in [1.82, 2.24) is 10.6 Å². The molecule has 0 aliphatic carbocycles. The Morgan fingerprint density at radius 3 is 3.00 bits per heavy atom. The van der Waals surface area contributed by atoms with Gasteiger partial charge in [0.1, 0.15) is 11.3 Å². The molecule has 1 amide bonds. The normalized spacial score (nSPS) is 14.0. The lowest BCUT2D eigenvalue weighted by Crippen LogP contribution is -2.45. The number of benzene rings is 1. The third-order valence-electron chi connectivity index (χ3n) is 3.59. The fourth-order valence-electron chi connectivity index (χ4n) is 2.54. The van der Waals surface area contributed by atoms with Gasteiger partial charge >= 0.3 is 0 Å². The minimum atomic E-state index is -0.183. The summed E-state index contributed by atoms with van der Waals surface area (Å²) in [6.45, 7) is 4.62. The zero-order valence-corrected chi connectivity index (χ0v) is 11.6. The number of hydrazine groups is 1. The van der Waals surface area contributed by atoms with Crippen LogP contribution in [0.3, 0.4) is 0 Å². The van der Waals surface area contributed by atoms with Crippen LogP contribution in [0.2, 0.25) is 0 Å². The fraction of sp³-hybridized carbons (Fsp3) is 0.333. The lowest BCUT2D eigenvalue weighted by Gasteiger charge is -2.31. The molecule has 0 fully saturated rings. The summed E-state index contributed by atoms with van der Waals surface area (Å²) < 4.78 is 4.93. The first-order valence-corrected chi connectivity index (χ1v) is 6.74. The van der Waals surface area contributed by atoms with E-state index in [-0.39, 0.29) is 5.91 Å². The van der Waals surface area contributed by atoms with Gasteiger partial charge in [-0.05, 0) is 38.3 Å². The van der Waals surface area contributed by atoms with Crippen LogP contribution in [-0.2, 0) is 6.42 Å². The van der Waals surface area contributed by atoms with E-state index in [1.54, 1.807) is 6.92 Å². The molecule has 0 atom stereocenters. The van der Waals surface area contributed by atoms with Crippen LogP contribution in [0.15, 0.2) is 28.9 Å². The number of hydrogen-bond donors (Lipinski definition) is 1. The van der Waals surface area contributed by atoms with Crippen molar-refractivity contribution in [3.05, 3.63) is 46.8 Å². The Morgan fingerprint density at radius 1 is 1.40 bits per heavy atom. The molecule has 3 rings (SSSR count). The SMILES string of the molecule is Cc1ccc2c(c1)CCCN2NC(=O)c1cnoc1C. The quantitative estimate of drug-likeness (QED) is 0.911. The number of hydrogen-bond acceptors (Lipinski definition) is 4. The molecule has 1 aromatic heterocycles. The van der Waals surface area contributed by atoms with E-state index >= 15 is 0 Å². The van der Waals surface area contributed by atoms with E-state index in [1.807, 2.05) is 5.01 Å². The number of carbonyl (C=O) groups excluding carboxylic acids is 1. The Kier molecular flexibility index (Phi) is 3.18. The molecule has 2 heterocycles. The second-order valence-corrected chi connectivity index (χ2v) is 5.12. The standard InChI is InChI=1S/C15H17N3O2/c1-10-5-6-14-12(8-10)4-3-7-18(14)17-15(19)13-9-16-20-11(13)2/h5-6,8-9H,3-4,7H2,1-2H3,(H,17,19). The van der Waals surface area contributed by atoms with E-state index in [0.717, 1.165) is 25.1 Å². The highest BCUT2D eigenvalue weighted by Gasteiger charge is 2.21. The number of nitrogens with zero attached hydrogens (tertiary/aromatic N) is 2. The van der Waals surface area contributed by atoms with Crippen molar-refractivity contribution in [1.29, 1.82) is 0 Å². The molecule has 104 valence electrons. The van der Waals surface area contributed by atoms with E-state index < -0.39 is 0 Å². The summed E-state index contributed by atoms with van der Waals surface area (Å²) in [4.78, 5) is 12.2. The molecule has 0 saturated carbocycles. The van der Waals surface area contributed by atoms with Crippen LogP contribution in [0.1, 0.15) is 33.7 Å². The van der Waals surface area contributed by atoms with Gasteiger partial charge < -0.3 is 4.52 Å². The molecular formula is C15H17N3O2. The highest BCUT2D eigenvalue weighted by Crippen LogP contribution is 2.26. The third-order valence-corrected chi connectivity index (χ3v) is 3.59. The summed E-state index contributed by atoms with van der Waals surface area (Å²) >= 11 is 0. The predicted molar refractivity (Wildman–Crippen MR) is 75.6 cm³/mol. The number of carbonyl (C=O) groups is 1. The lowest BCUT2D eigenvalue weighted by molar-refractivity contribution is 0.0946. The number of anilines is 1. The predicted octanol–water partition coefficient (Wildman–Crippen LogP) is 2.39. The van der Waals surface area contributed by atoms with Crippen molar-refractivity contribution in [2.45, 2.75) is 26.7 Å². The minimum absolute atomic E-state index is 0.183. The lowest BCUT2D eigenvalue weighted by atomic mass is 10.0. The van der Waals surface area contributed by atoms with Crippen molar-refractivity contribution in [2.75, 3.05) is 11.6 Å². The van der Waals surface area contributed by atoms with Crippen LogP contribution in [0, 0.1) is 13.8 Å². The number of aryl methyl sites for hydroxylation is 3. The zero-order valence-electron chi connectivity index (χ0n) is 11.6. The molecule has 5 heteroatoms. The summed E-state index contributed by atoms with van der Waals surface area (Å²) in [7, 11) is 0. The molecule has 1 N–H and O–H groups in total. The maximum atomic E-state index is 12.2. The maximum Gasteiger partial charge on any atom is 0.275 e. The Morgan fingerprint density at radius 2 is 2.25 bits per heavy atom. The average molecular weight is 271 g/mol. The molecule has 0 saturated heterocycles. The van der Waals surface area contributed by atoms with Gasteiger partial charge in [0, 0.05) is 6.54 Å². The first kappa shape index (κ1) is 12.7. The van der Waals surface area contributed by atoms with E-state index in [4.69, 9.17) is 4.52 Å². The van der Waals surface area contributed by atoms with Crippen molar-refractivity contribution >= 4 is 11.6 Å². The van der Waals surface area contributed by atoms with Crippen molar-refractivity contribution in [2.24, 2.45) is 0 Å². The van der Waals surface area contributed by atoms with Gasteiger partial charge in [-0.15, -0.1) is 0 Å². The summed E-state index contributed by atoms with van der Waals surface area (Å²) in [5.41, 5.74) is 7.00. The maximum absolute atomic E-state index is 12.2. The van der Waals surface area contributed by atoms with Gasteiger partial charge in [0.15, 0.2) is 0 Å². The number of rotatable bonds is 2. The zero-order chi connectivity index (χ0) is 14.1. The smallest absolute Gasteiger partial charge is 0.275 e. The van der Waals surface area contributed by atoms with Gasteiger partial charge in [-0.1, -0.05) is 22.9 Å². The van der Waals surface area contributed by atoms with Crippen LogP contribution in [-0.4, -0.2) is 17.6 Å². The van der Waals surface area contributed by atoms with Gasteiger partial charge in [0.25, 0.3) is 5.91 Å². The van der Waals surface area contributed by atoms with Crippen molar-refractivity contribution < 1.29 is 9.32 Å². The summed E-state index contributed by atoms with van der Waals surface area (Å²) in [6.07, 6.45) is 3.53. The highest BCUT2D eigenvalue weighted by atomic mass is 16.5. The Hall–Kier alpha value is -2.30. The van der Waals surface area contributed by atoms with E-state index in [2.05, 4.69) is 35.7 Å². The Balaban J connectivity index is 1.83. The molecule has 1 aromatic carbocycles. The van der Waals surface area contributed by atoms with Gasteiger partial charge in [-0.25, -0.2) is 0 Å². The molecule has 20 heavy (non-hydrogen) atoms. The van der Waals surface area contributed by atoms with Crippen molar-refractivity contribution in [3.63, 3.8) is 0 Å². The Labute approximate surface area is 117 Å². The van der Waals surface area contributed by atoms with Gasteiger partial charge in [0.05, 0.1) is 11.9 Å². The van der Waals surface area contributed by atoms with Gasteiger partial charge in [0.2, 0.25) is 0 Å². The van der Waals surface area contributed by atoms with E-state index in [9.17, 15) is 4.79 Å². The van der Waals surface area contributed by atoms with E-state index in [0.29, 0.717) is 11.3 Å². The molecule has 1 aliphatic heterocycles. The highest BCUT2D eigenvalue weighted by molar-refractivity contribution is 5.95. The summed E-state index contributed by atoms with van der Waals surface area (Å²) in [6, 6.07) is 6.30. The molecule has 5 nitrogen and oxygen atoms in total. The van der Waals surface area contributed by atoms with Gasteiger partial charge in [-0.3, -0.25) is 15.2 Å². The van der Waals surface area contributed by atoms with Gasteiger partial charge in [-0.2, -0.15) is 0 Å². The second-order valence-electron chi connectivity index (χ2n) is 5.12. The molecule has 1 aliphatic rings. The Bertz CT molecular complexity index is 648. The third kappa shape index (κ3) is 2.27.